The van der Waals surface area contributed by atoms with Crippen LogP contribution in [0, 0.1) is 0 Å². The fourth-order valence-electron chi connectivity index (χ4n) is 3.15. The van der Waals surface area contributed by atoms with Crippen LogP contribution in [0.4, 0.5) is 0 Å². The van der Waals surface area contributed by atoms with E-state index in [9.17, 15) is 9.59 Å². The number of carbonyl (C=O) groups is 2. The average Bonchev–Trinajstić information content (AvgIpc) is 2.86. The molecule has 1 aliphatic rings. The molecule has 0 saturated heterocycles. The van der Waals surface area contributed by atoms with Crippen molar-refractivity contribution in [2.45, 2.75) is 58.2 Å². The summed E-state index contributed by atoms with van der Waals surface area (Å²) in [6.07, 6.45) is 4.63. The van der Waals surface area contributed by atoms with Crippen LogP contribution in [0.1, 0.15) is 54.6 Å². The van der Waals surface area contributed by atoms with Gasteiger partial charge in [-0.1, -0.05) is 24.6 Å². The first-order chi connectivity index (χ1) is 12.6. The lowest BCUT2D eigenvalue weighted by atomic mass is 10.1. The topological polar surface area (TPSA) is 88.9 Å². The van der Waals surface area contributed by atoms with E-state index in [1.807, 2.05) is 25.1 Å². The molecular weight excluding hydrogens is 330 g/mol. The number of fused-ring (bicyclic) bond motifs is 1. The molecule has 1 atom stereocenters. The molecule has 1 aromatic carbocycles. The fraction of sp³-hybridized carbons (Fsp3) is 0.474. The van der Waals surface area contributed by atoms with E-state index < -0.39 is 0 Å². The van der Waals surface area contributed by atoms with Crippen LogP contribution in [0.5, 0.6) is 0 Å². The summed E-state index contributed by atoms with van der Waals surface area (Å²) in [7, 11) is 0. The van der Waals surface area contributed by atoms with Gasteiger partial charge < -0.3 is 15.2 Å². The molecule has 2 heterocycles. The number of hydrogen-bond donors (Lipinski definition) is 2. The number of aromatic nitrogens is 3. The van der Waals surface area contributed by atoms with Crippen LogP contribution in [0.15, 0.2) is 30.3 Å². The lowest BCUT2D eigenvalue weighted by molar-refractivity contribution is -0.121. The van der Waals surface area contributed by atoms with Crippen molar-refractivity contribution < 1.29 is 9.59 Å². The van der Waals surface area contributed by atoms with Crippen LogP contribution >= 0.6 is 0 Å². The van der Waals surface area contributed by atoms with E-state index in [0.717, 1.165) is 37.5 Å². The molecule has 2 aromatic rings. The minimum Gasteiger partial charge on any atom is -0.349 e. The Morgan fingerprint density at radius 1 is 1.15 bits per heavy atom. The molecule has 2 amide bonds. The molecule has 0 spiro atoms. The van der Waals surface area contributed by atoms with Crippen LogP contribution in [-0.2, 0) is 24.3 Å². The van der Waals surface area contributed by atoms with Gasteiger partial charge in [-0.25, -0.2) is 0 Å². The molecule has 0 radical (unpaired) electrons. The molecule has 1 aliphatic heterocycles. The molecule has 3 rings (SSSR count). The number of hydrogen-bond acceptors (Lipinski definition) is 4. The summed E-state index contributed by atoms with van der Waals surface area (Å²) in [5.41, 5.74) is 0.589. The molecule has 0 fully saturated rings. The summed E-state index contributed by atoms with van der Waals surface area (Å²) in [5, 5.41) is 14.2. The van der Waals surface area contributed by atoms with Crippen molar-refractivity contribution in [1.29, 1.82) is 0 Å². The van der Waals surface area contributed by atoms with E-state index in [4.69, 9.17) is 0 Å². The largest absolute Gasteiger partial charge is 0.349 e. The van der Waals surface area contributed by atoms with Crippen LogP contribution in [0.3, 0.4) is 0 Å². The quantitative estimate of drug-likeness (QED) is 0.827. The maximum atomic E-state index is 12.2. The third-order valence-electron chi connectivity index (χ3n) is 4.53. The third kappa shape index (κ3) is 4.68. The van der Waals surface area contributed by atoms with Gasteiger partial charge in [0.05, 0.1) is 6.54 Å². The van der Waals surface area contributed by atoms with Gasteiger partial charge in [0, 0.05) is 31.0 Å². The van der Waals surface area contributed by atoms with Crippen molar-refractivity contribution in [2.75, 3.05) is 0 Å². The van der Waals surface area contributed by atoms with E-state index in [-0.39, 0.29) is 24.3 Å². The number of nitrogens with zero attached hydrogens (tertiary/aromatic N) is 3. The van der Waals surface area contributed by atoms with Crippen molar-refractivity contribution in [1.82, 2.24) is 25.4 Å². The molecule has 1 unspecified atom stereocenters. The number of carbonyl (C=O) groups excluding carboxylic acids is 2. The van der Waals surface area contributed by atoms with E-state index in [1.165, 1.54) is 6.42 Å². The highest BCUT2D eigenvalue weighted by molar-refractivity contribution is 5.94. The lowest BCUT2D eigenvalue weighted by Crippen LogP contribution is -2.37. The normalized spacial score (nSPS) is 14.8. The molecule has 1 aromatic heterocycles. The second-order valence-electron chi connectivity index (χ2n) is 6.72. The smallest absolute Gasteiger partial charge is 0.251 e. The summed E-state index contributed by atoms with van der Waals surface area (Å²) in [6, 6.07) is 8.73. The molecule has 7 nitrogen and oxygen atoms in total. The maximum Gasteiger partial charge on any atom is 0.251 e. The minimum atomic E-state index is -0.252. The Labute approximate surface area is 153 Å². The van der Waals surface area contributed by atoms with Gasteiger partial charge in [0.25, 0.3) is 5.91 Å². The average molecular weight is 355 g/mol. The van der Waals surface area contributed by atoms with Crippen molar-refractivity contribution in [3.63, 3.8) is 0 Å². The SMILES string of the molecule is CC(CC(=O)NCc1nnc2n1CCCCC2)NC(=O)c1ccccc1. The van der Waals surface area contributed by atoms with E-state index >= 15 is 0 Å². The second-order valence-corrected chi connectivity index (χ2v) is 6.72. The van der Waals surface area contributed by atoms with Crippen LogP contribution < -0.4 is 10.6 Å². The van der Waals surface area contributed by atoms with Gasteiger partial charge in [-0.15, -0.1) is 10.2 Å². The fourth-order valence-corrected chi connectivity index (χ4v) is 3.15. The first-order valence-corrected chi connectivity index (χ1v) is 9.17. The predicted molar refractivity (Wildman–Crippen MR) is 97.4 cm³/mol. The van der Waals surface area contributed by atoms with Crippen LogP contribution in [0.2, 0.25) is 0 Å². The third-order valence-corrected chi connectivity index (χ3v) is 4.53. The standard InChI is InChI=1S/C19H25N5O2/c1-14(21-19(26)15-8-4-2-5-9-15)12-18(25)20-13-17-23-22-16-10-6-3-7-11-24(16)17/h2,4-5,8-9,14H,3,6-7,10-13H2,1H3,(H,20,25)(H,21,26). The zero-order valence-electron chi connectivity index (χ0n) is 15.1. The number of rotatable bonds is 6. The molecule has 0 saturated carbocycles. The molecule has 2 N–H and O–H groups in total. The Balaban J connectivity index is 1.47. The van der Waals surface area contributed by atoms with Crippen LogP contribution in [0.25, 0.3) is 0 Å². The molecule has 26 heavy (non-hydrogen) atoms. The first-order valence-electron chi connectivity index (χ1n) is 9.17. The monoisotopic (exact) mass is 355 g/mol. The molecule has 138 valence electrons. The van der Waals surface area contributed by atoms with Crippen molar-refractivity contribution in [3.8, 4) is 0 Å². The van der Waals surface area contributed by atoms with Crippen molar-refractivity contribution >= 4 is 11.8 Å². The highest BCUT2D eigenvalue weighted by Gasteiger charge is 2.16. The summed E-state index contributed by atoms with van der Waals surface area (Å²) in [5.74, 6) is 1.52. The van der Waals surface area contributed by atoms with Gasteiger partial charge >= 0.3 is 0 Å². The van der Waals surface area contributed by atoms with Gasteiger partial charge in [-0.05, 0) is 31.9 Å². The number of amides is 2. The second kappa shape index (κ2) is 8.60. The molecule has 0 aliphatic carbocycles. The first kappa shape index (κ1) is 18.1. The zero-order valence-corrected chi connectivity index (χ0v) is 15.1. The highest BCUT2D eigenvalue weighted by atomic mass is 16.2. The number of nitrogens with one attached hydrogen (secondary N) is 2. The Hall–Kier alpha value is -2.70. The van der Waals surface area contributed by atoms with Gasteiger partial charge in [-0.2, -0.15) is 0 Å². The number of benzene rings is 1. The summed E-state index contributed by atoms with van der Waals surface area (Å²) in [6.45, 7) is 3.10. The maximum absolute atomic E-state index is 12.2. The van der Waals surface area contributed by atoms with Gasteiger partial charge in [0.2, 0.25) is 5.91 Å². The predicted octanol–water partition coefficient (Wildman–Crippen LogP) is 1.83. The van der Waals surface area contributed by atoms with Crippen molar-refractivity contribution in [2.24, 2.45) is 0 Å². The Morgan fingerprint density at radius 2 is 1.96 bits per heavy atom. The lowest BCUT2D eigenvalue weighted by Gasteiger charge is -2.14. The molecule has 7 heteroatoms. The van der Waals surface area contributed by atoms with Gasteiger partial charge in [-0.3, -0.25) is 9.59 Å². The Morgan fingerprint density at radius 3 is 2.77 bits per heavy atom. The van der Waals surface area contributed by atoms with E-state index in [2.05, 4.69) is 25.4 Å². The van der Waals surface area contributed by atoms with Gasteiger partial charge in [0.15, 0.2) is 5.82 Å². The summed E-state index contributed by atoms with van der Waals surface area (Å²) in [4.78, 5) is 24.3. The highest BCUT2D eigenvalue weighted by Crippen LogP contribution is 2.14. The Bertz CT molecular complexity index is 757. The van der Waals surface area contributed by atoms with Crippen LogP contribution in [-0.4, -0.2) is 32.6 Å². The van der Waals surface area contributed by atoms with E-state index in [1.54, 1.807) is 12.1 Å². The molecular formula is C19H25N5O2. The summed E-state index contributed by atoms with van der Waals surface area (Å²) >= 11 is 0. The van der Waals surface area contributed by atoms with E-state index in [0.29, 0.717) is 12.1 Å². The Kier molecular flexibility index (Phi) is 5.99. The minimum absolute atomic E-state index is 0.114. The molecule has 0 bridgehead atoms. The van der Waals surface area contributed by atoms with Gasteiger partial charge in [0.1, 0.15) is 5.82 Å². The zero-order chi connectivity index (χ0) is 18.4. The summed E-state index contributed by atoms with van der Waals surface area (Å²) < 4.78 is 2.12. The van der Waals surface area contributed by atoms with Crippen molar-refractivity contribution in [3.05, 3.63) is 47.5 Å². The number of aryl methyl sites for hydroxylation is 1.